The van der Waals surface area contributed by atoms with Gasteiger partial charge in [0, 0.05) is 0 Å². The highest BCUT2D eigenvalue weighted by Crippen LogP contribution is 2.38. The molecule has 228 valence electrons. The molecule has 8 heteroatoms. The minimum Gasteiger partial charge on any atom is -0.480 e. The van der Waals surface area contributed by atoms with Crippen LogP contribution in [0, 0.1) is 19.7 Å². The Balaban J connectivity index is 1.93. The van der Waals surface area contributed by atoms with Crippen molar-refractivity contribution in [1.82, 2.24) is 9.80 Å². The van der Waals surface area contributed by atoms with Crippen LogP contribution in [0.4, 0.5) is 17.6 Å². The molecule has 0 amide bonds. The number of benzene rings is 2. The molecule has 3 rings (SSSR count). The fourth-order valence-corrected chi connectivity index (χ4v) is 6.54. The molecule has 0 bridgehead atoms. The summed E-state index contributed by atoms with van der Waals surface area (Å²) < 4.78 is 55.6. The molecule has 2 atom stereocenters. The molecule has 0 aliphatic carbocycles. The Bertz CT molecular complexity index is 1160. The SMILES string of the molecule is CCC(CC)c1c(C)cc(F)cc1C(C(=O)O)N(C)CC[C@H](CCN1CCCCC1)c1cc(C(F)(F)F)ccc1C. The Morgan fingerprint density at radius 1 is 0.951 bits per heavy atom. The molecule has 2 aromatic rings. The van der Waals surface area contributed by atoms with Gasteiger partial charge in [0.25, 0.3) is 0 Å². The second-order valence-corrected chi connectivity index (χ2v) is 11.7. The smallest absolute Gasteiger partial charge is 0.416 e. The number of piperidine rings is 1. The Labute approximate surface area is 242 Å². The number of rotatable bonds is 13. The summed E-state index contributed by atoms with van der Waals surface area (Å²) in [5, 5.41) is 10.4. The van der Waals surface area contributed by atoms with Gasteiger partial charge in [-0.3, -0.25) is 9.69 Å². The topological polar surface area (TPSA) is 43.8 Å². The molecule has 1 heterocycles. The second-order valence-electron chi connectivity index (χ2n) is 11.7. The van der Waals surface area contributed by atoms with E-state index in [1.165, 1.54) is 30.7 Å². The number of hydrogen-bond donors (Lipinski definition) is 1. The van der Waals surface area contributed by atoms with Crippen molar-refractivity contribution in [3.63, 3.8) is 0 Å². The van der Waals surface area contributed by atoms with E-state index < -0.39 is 29.6 Å². The maximum Gasteiger partial charge on any atom is 0.416 e. The summed E-state index contributed by atoms with van der Waals surface area (Å²) in [6, 6.07) is 5.67. The van der Waals surface area contributed by atoms with Gasteiger partial charge in [0.1, 0.15) is 11.9 Å². The molecule has 0 spiro atoms. The zero-order valence-corrected chi connectivity index (χ0v) is 25.2. The summed E-state index contributed by atoms with van der Waals surface area (Å²) in [6.45, 7) is 10.9. The summed E-state index contributed by atoms with van der Waals surface area (Å²) in [6.07, 6.45) is 1.80. The molecule has 1 saturated heterocycles. The van der Waals surface area contributed by atoms with Gasteiger partial charge >= 0.3 is 12.1 Å². The Hall–Kier alpha value is -2.45. The van der Waals surface area contributed by atoms with Gasteiger partial charge in [0.15, 0.2) is 0 Å². The van der Waals surface area contributed by atoms with Gasteiger partial charge in [-0.05, 0) is 150 Å². The number of nitrogens with zero attached hydrogens (tertiary/aromatic N) is 2. The first-order valence-electron chi connectivity index (χ1n) is 15.0. The van der Waals surface area contributed by atoms with Crippen molar-refractivity contribution >= 4 is 5.97 Å². The van der Waals surface area contributed by atoms with E-state index in [4.69, 9.17) is 0 Å². The van der Waals surface area contributed by atoms with Crippen LogP contribution in [0.15, 0.2) is 30.3 Å². The Morgan fingerprint density at radius 3 is 2.20 bits per heavy atom. The summed E-state index contributed by atoms with van der Waals surface area (Å²) >= 11 is 0. The van der Waals surface area contributed by atoms with Crippen molar-refractivity contribution in [2.24, 2.45) is 0 Å². The van der Waals surface area contributed by atoms with E-state index in [9.17, 15) is 27.5 Å². The van der Waals surface area contributed by atoms with Crippen molar-refractivity contribution in [2.75, 3.05) is 33.2 Å². The third kappa shape index (κ3) is 8.54. The molecule has 1 unspecified atom stereocenters. The van der Waals surface area contributed by atoms with Gasteiger partial charge in [0.05, 0.1) is 5.56 Å². The maximum atomic E-state index is 14.6. The molecule has 0 radical (unpaired) electrons. The van der Waals surface area contributed by atoms with Crippen LogP contribution in [0.1, 0.15) is 110 Å². The largest absolute Gasteiger partial charge is 0.480 e. The fraction of sp³-hybridized carbons (Fsp3) is 0.606. The molecule has 1 N–H and O–H groups in total. The summed E-state index contributed by atoms with van der Waals surface area (Å²) in [4.78, 5) is 16.8. The van der Waals surface area contributed by atoms with E-state index in [-0.39, 0.29) is 11.8 Å². The highest BCUT2D eigenvalue weighted by molar-refractivity contribution is 5.76. The van der Waals surface area contributed by atoms with E-state index in [1.807, 2.05) is 27.7 Å². The number of hydrogen-bond acceptors (Lipinski definition) is 3. The number of halogens is 4. The molecule has 1 fully saturated rings. The second kappa shape index (κ2) is 14.6. The zero-order valence-electron chi connectivity index (χ0n) is 25.2. The van der Waals surface area contributed by atoms with Crippen LogP contribution in [0.3, 0.4) is 0 Å². The lowest BCUT2D eigenvalue weighted by molar-refractivity contribution is -0.143. The standard InChI is InChI=1S/C33H46F4N2O2/c1-6-24(7-2)30-23(4)19-27(34)21-29(30)31(32(40)41)38(5)17-13-25(14-18-39-15-9-8-10-16-39)28-20-26(33(35,36)37)12-11-22(28)3/h11-12,19-21,24-25,31H,6-10,13-18H2,1-5H3,(H,40,41)/t25-,31?/m1/s1. The lowest BCUT2D eigenvalue weighted by Gasteiger charge is -2.32. The minimum atomic E-state index is -4.44. The molecule has 41 heavy (non-hydrogen) atoms. The predicted octanol–water partition coefficient (Wildman–Crippen LogP) is 8.47. The van der Waals surface area contributed by atoms with Gasteiger partial charge < -0.3 is 10.0 Å². The van der Waals surface area contributed by atoms with Crippen LogP contribution in [0.5, 0.6) is 0 Å². The van der Waals surface area contributed by atoms with Gasteiger partial charge in [-0.2, -0.15) is 13.2 Å². The molecular formula is C33H46F4N2O2. The molecule has 1 aliphatic heterocycles. The monoisotopic (exact) mass is 578 g/mol. The number of carboxylic acids is 1. The average Bonchev–Trinajstić information content (AvgIpc) is 2.91. The lowest BCUT2D eigenvalue weighted by Crippen LogP contribution is -2.34. The molecule has 0 saturated carbocycles. The van der Waals surface area contributed by atoms with Crippen molar-refractivity contribution in [3.8, 4) is 0 Å². The Kier molecular flexibility index (Phi) is 11.8. The minimum absolute atomic E-state index is 0.103. The van der Waals surface area contributed by atoms with Crippen LogP contribution in [0.25, 0.3) is 0 Å². The van der Waals surface area contributed by atoms with Crippen molar-refractivity contribution in [2.45, 2.75) is 96.7 Å². The number of aliphatic carboxylic acids is 1. The summed E-state index contributed by atoms with van der Waals surface area (Å²) in [5.74, 6) is -1.61. The van der Waals surface area contributed by atoms with Crippen LogP contribution in [-0.2, 0) is 11.0 Å². The number of carboxylic acid groups (broad SMARTS) is 1. The quantitative estimate of drug-likeness (QED) is 0.242. The number of likely N-dealkylation sites (N-methyl/N-ethyl adjacent to an activating group) is 1. The summed E-state index contributed by atoms with van der Waals surface area (Å²) in [7, 11) is 1.72. The first-order chi connectivity index (χ1) is 19.4. The van der Waals surface area contributed by atoms with Crippen LogP contribution in [-0.4, -0.2) is 54.1 Å². The van der Waals surface area contributed by atoms with Crippen molar-refractivity contribution < 1.29 is 27.5 Å². The average molecular weight is 579 g/mol. The van der Waals surface area contributed by atoms with Gasteiger partial charge in [0.2, 0.25) is 0 Å². The van der Waals surface area contributed by atoms with E-state index in [2.05, 4.69) is 4.90 Å². The molecule has 4 nitrogen and oxygen atoms in total. The van der Waals surface area contributed by atoms with E-state index in [0.29, 0.717) is 30.5 Å². The predicted molar refractivity (Wildman–Crippen MR) is 156 cm³/mol. The van der Waals surface area contributed by atoms with E-state index >= 15 is 0 Å². The van der Waals surface area contributed by atoms with Crippen molar-refractivity contribution in [1.29, 1.82) is 0 Å². The third-order valence-electron chi connectivity index (χ3n) is 8.87. The van der Waals surface area contributed by atoms with Crippen LogP contribution < -0.4 is 0 Å². The number of aryl methyl sites for hydroxylation is 2. The maximum absolute atomic E-state index is 14.6. The number of alkyl halides is 3. The molecule has 1 aliphatic rings. The van der Waals surface area contributed by atoms with Crippen LogP contribution in [0.2, 0.25) is 0 Å². The fourth-order valence-electron chi connectivity index (χ4n) is 6.54. The first-order valence-corrected chi connectivity index (χ1v) is 15.0. The van der Waals surface area contributed by atoms with Gasteiger partial charge in [-0.15, -0.1) is 0 Å². The zero-order chi connectivity index (χ0) is 30.3. The lowest BCUT2D eigenvalue weighted by atomic mass is 9.83. The first kappa shape index (κ1) is 33.1. The normalized spacial score (nSPS) is 16.4. The Morgan fingerprint density at radius 2 is 1.61 bits per heavy atom. The molecule has 2 aromatic carbocycles. The van der Waals surface area contributed by atoms with E-state index in [1.54, 1.807) is 11.9 Å². The summed E-state index contributed by atoms with van der Waals surface area (Å²) in [5.41, 5.74) is 2.89. The third-order valence-corrected chi connectivity index (χ3v) is 8.87. The molecular weight excluding hydrogens is 532 g/mol. The molecule has 0 aromatic heterocycles. The van der Waals surface area contributed by atoms with Crippen molar-refractivity contribution in [3.05, 3.63) is 69.5 Å². The number of carbonyl (C=O) groups is 1. The highest BCUT2D eigenvalue weighted by atomic mass is 19.4. The van der Waals surface area contributed by atoms with Crippen LogP contribution >= 0.6 is 0 Å². The van der Waals surface area contributed by atoms with Gasteiger partial charge in [-0.25, -0.2) is 4.39 Å². The van der Waals surface area contributed by atoms with E-state index in [0.717, 1.165) is 68.1 Å². The highest BCUT2D eigenvalue weighted by Gasteiger charge is 2.33. The number of likely N-dealkylation sites (tertiary alicyclic amines) is 1. The van der Waals surface area contributed by atoms with Gasteiger partial charge in [-0.1, -0.05) is 26.3 Å².